The fourth-order valence-electron chi connectivity index (χ4n) is 2.70. The minimum absolute atomic E-state index is 0.0187. The second-order valence-electron chi connectivity index (χ2n) is 6.49. The van der Waals surface area contributed by atoms with Crippen LogP contribution in [-0.2, 0) is 9.53 Å². The number of methoxy groups -OCH3 is 1. The van der Waals surface area contributed by atoms with Crippen molar-refractivity contribution in [3.05, 3.63) is 92.6 Å². The molecule has 2 N–H and O–H groups in total. The Morgan fingerprint density at radius 3 is 2.21 bits per heavy atom. The van der Waals surface area contributed by atoms with E-state index in [9.17, 15) is 14.4 Å². The van der Waals surface area contributed by atoms with Gasteiger partial charge in [0.15, 0.2) is 0 Å². The molecule has 0 aliphatic carbocycles. The maximum atomic E-state index is 12.6. The fourth-order valence-corrected chi connectivity index (χ4v) is 3.97. The summed E-state index contributed by atoms with van der Waals surface area (Å²) in [5, 5.41) is 5.38. The highest BCUT2D eigenvalue weighted by atomic mass is 79.9. The van der Waals surface area contributed by atoms with Crippen LogP contribution in [0.1, 0.15) is 26.3 Å². The first-order valence-corrected chi connectivity index (χ1v) is 11.3. The lowest BCUT2D eigenvalue weighted by Gasteiger charge is -2.13. The lowest BCUT2D eigenvalue weighted by Crippen LogP contribution is -2.29. The van der Waals surface area contributed by atoms with Gasteiger partial charge in [0, 0.05) is 24.3 Å². The van der Waals surface area contributed by atoms with Crippen molar-refractivity contribution in [3.63, 3.8) is 0 Å². The van der Waals surface area contributed by atoms with Gasteiger partial charge in [-0.3, -0.25) is 14.6 Å². The maximum absolute atomic E-state index is 12.6. The minimum Gasteiger partial charge on any atom is -0.464 e. The van der Waals surface area contributed by atoms with Gasteiger partial charge >= 0.3 is 5.97 Å². The zero-order chi connectivity index (χ0) is 24.8. The summed E-state index contributed by atoms with van der Waals surface area (Å²) in [4.78, 5) is 45.2. The highest BCUT2D eigenvalue weighted by Gasteiger charge is 2.21. The quantitative estimate of drug-likeness (QED) is 0.230. The summed E-state index contributed by atoms with van der Waals surface area (Å²) < 4.78 is 5.03. The number of nitrogens with zero attached hydrogens (tertiary/aromatic N) is 2. The van der Waals surface area contributed by atoms with Crippen molar-refractivity contribution in [2.24, 2.45) is 0 Å². The van der Waals surface area contributed by atoms with Crippen LogP contribution in [-0.4, -0.2) is 34.9 Å². The number of nitrogens with one attached hydrogen (secondary N) is 2. The third-order valence-electron chi connectivity index (χ3n) is 4.33. The van der Waals surface area contributed by atoms with Gasteiger partial charge in [0.25, 0.3) is 11.8 Å². The third-order valence-corrected chi connectivity index (χ3v) is 6.06. The number of hydrogen-bond donors (Lipinski definition) is 2. The molecule has 34 heavy (non-hydrogen) atoms. The van der Waals surface area contributed by atoms with Crippen molar-refractivity contribution in [3.8, 4) is 0 Å². The second-order valence-corrected chi connectivity index (χ2v) is 8.45. The number of hydrogen-bond acceptors (Lipinski definition) is 6. The van der Waals surface area contributed by atoms with E-state index in [1.807, 2.05) is 0 Å². The number of carbonyl (C=O) groups is 3. The summed E-state index contributed by atoms with van der Waals surface area (Å²) in [5.74, 6) is -1.96. The first kappa shape index (κ1) is 25.6. The lowest BCUT2D eigenvalue weighted by atomic mass is 10.1. The third kappa shape index (κ3) is 5.92. The predicted molar refractivity (Wildman–Crippen MR) is 133 cm³/mol. The Kier molecular flexibility index (Phi) is 8.62. The Morgan fingerprint density at radius 1 is 0.971 bits per heavy atom. The average molecular weight is 585 g/mol. The minimum atomic E-state index is -0.792. The van der Waals surface area contributed by atoms with Gasteiger partial charge in [-0.15, -0.1) is 0 Å². The molecule has 0 aliphatic rings. The Balaban J connectivity index is 1.85. The molecule has 2 heterocycles. The summed E-state index contributed by atoms with van der Waals surface area (Å²) in [6.45, 7) is 0. The number of ether oxygens (including phenoxy) is 1. The van der Waals surface area contributed by atoms with Gasteiger partial charge < -0.3 is 15.4 Å². The summed E-state index contributed by atoms with van der Waals surface area (Å²) in [6, 6.07) is 9.41. The van der Waals surface area contributed by atoms with Crippen LogP contribution < -0.4 is 10.6 Å². The molecule has 12 heteroatoms. The van der Waals surface area contributed by atoms with E-state index in [0.717, 1.165) is 0 Å². The van der Waals surface area contributed by atoms with Crippen LogP contribution in [0.15, 0.2) is 60.7 Å². The molecular weight excluding hydrogens is 571 g/mol. The van der Waals surface area contributed by atoms with Crippen molar-refractivity contribution < 1.29 is 19.1 Å². The van der Waals surface area contributed by atoms with Gasteiger partial charge in [-0.2, -0.15) is 0 Å². The van der Waals surface area contributed by atoms with E-state index in [1.54, 1.807) is 24.3 Å². The highest BCUT2D eigenvalue weighted by Crippen LogP contribution is 2.28. The molecule has 3 aromatic rings. The number of esters is 1. The van der Waals surface area contributed by atoms with Crippen molar-refractivity contribution >= 4 is 78.7 Å². The van der Waals surface area contributed by atoms with Gasteiger partial charge in [-0.05, 0) is 45.8 Å². The molecule has 8 nitrogen and oxygen atoms in total. The number of halogens is 4. The molecule has 2 amide bonds. The van der Waals surface area contributed by atoms with Gasteiger partial charge in [0.05, 0.1) is 32.8 Å². The number of benzene rings is 1. The SMILES string of the molecule is COC(=O)C(NC(=O)c1cccnc1Cl)=C(Br)c1ccc(NC(=O)c2c(Cl)cncc2Cl)cc1. The zero-order valence-corrected chi connectivity index (χ0v) is 21.1. The van der Waals surface area contributed by atoms with E-state index < -0.39 is 17.8 Å². The molecule has 0 saturated carbocycles. The van der Waals surface area contributed by atoms with Crippen LogP contribution in [0.4, 0.5) is 5.69 Å². The van der Waals surface area contributed by atoms with E-state index in [2.05, 4.69) is 36.5 Å². The Morgan fingerprint density at radius 2 is 1.62 bits per heavy atom. The number of pyridine rings is 2. The van der Waals surface area contributed by atoms with Gasteiger partial charge in [-0.25, -0.2) is 9.78 Å². The van der Waals surface area contributed by atoms with E-state index in [4.69, 9.17) is 39.5 Å². The monoisotopic (exact) mass is 582 g/mol. The average Bonchev–Trinajstić information content (AvgIpc) is 2.82. The predicted octanol–water partition coefficient (Wildman–Crippen LogP) is 5.36. The lowest BCUT2D eigenvalue weighted by molar-refractivity contribution is -0.136. The highest BCUT2D eigenvalue weighted by molar-refractivity contribution is 9.15. The molecule has 3 rings (SSSR count). The van der Waals surface area contributed by atoms with Crippen LogP contribution in [0, 0.1) is 0 Å². The number of aromatic nitrogens is 2. The zero-order valence-electron chi connectivity index (χ0n) is 17.2. The standard InChI is InChI=1S/C22H14BrCl3N4O4/c1-34-22(33)18(30-20(31)13-3-2-8-28-19(13)26)17(23)11-4-6-12(7-5-11)29-21(32)16-14(24)9-27-10-15(16)25/h2-10H,1H3,(H,29,32)(H,30,31). The molecule has 1 aromatic carbocycles. The molecule has 0 radical (unpaired) electrons. The second kappa shape index (κ2) is 11.4. The largest absolute Gasteiger partial charge is 0.464 e. The Bertz CT molecular complexity index is 1280. The van der Waals surface area contributed by atoms with Crippen LogP contribution in [0.25, 0.3) is 4.48 Å². The van der Waals surface area contributed by atoms with Crippen molar-refractivity contribution in [2.75, 3.05) is 12.4 Å². The topological polar surface area (TPSA) is 110 Å². The van der Waals surface area contributed by atoms with E-state index in [-0.39, 0.29) is 36.5 Å². The molecular formula is C22H14BrCl3N4O4. The van der Waals surface area contributed by atoms with Crippen LogP contribution in [0.5, 0.6) is 0 Å². The molecule has 0 atom stereocenters. The van der Waals surface area contributed by atoms with Crippen molar-refractivity contribution in [2.45, 2.75) is 0 Å². The smallest absolute Gasteiger partial charge is 0.355 e. The molecule has 0 saturated heterocycles. The molecule has 0 aliphatic heterocycles. The molecule has 0 spiro atoms. The summed E-state index contributed by atoms with van der Waals surface area (Å²) in [6.07, 6.45) is 4.06. The van der Waals surface area contributed by atoms with E-state index >= 15 is 0 Å². The number of anilines is 1. The normalized spacial score (nSPS) is 11.3. The first-order valence-electron chi connectivity index (χ1n) is 9.33. The Hall–Kier alpha value is -2.98. The van der Waals surface area contributed by atoms with Gasteiger partial charge in [0.1, 0.15) is 10.9 Å². The van der Waals surface area contributed by atoms with E-state index in [1.165, 1.54) is 37.8 Å². The molecule has 0 fully saturated rings. The van der Waals surface area contributed by atoms with E-state index in [0.29, 0.717) is 11.3 Å². The molecule has 174 valence electrons. The van der Waals surface area contributed by atoms with Crippen LogP contribution in [0.3, 0.4) is 0 Å². The summed E-state index contributed by atoms with van der Waals surface area (Å²) >= 11 is 21.3. The summed E-state index contributed by atoms with van der Waals surface area (Å²) in [5.41, 5.74) is 0.963. The van der Waals surface area contributed by atoms with Crippen LogP contribution >= 0.6 is 50.7 Å². The molecule has 0 bridgehead atoms. The number of rotatable bonds is 6. The van der Waals surface area contributed by atoms with Crippen molar-refractivity contribution in [1.29, 1.82) is 0 Å². The first-order chi connectivity index (χ1) is 16.2. The maximum Gasteiger partial charge on any atom is 0.355 e. The van der Waals surface area contributed by atoms with Gasteiger partial charge in [0.2, 0.25) is 0 Å². The summed E-state index contributed by atoms with van der Waals surface area (Å²) in [7, 11) is 1.18. The number of amides is 2. The van der Waals surface area contributed by atoms with Gasteiger partial charge in [-0.1, -0.05) is 46.9 Å². The van der Waals surface area contributed by atoms with Crippen molar-refractivity contribution in [1.82, 2.24) is 15.3 Å². The number of carbonyl (C=O) groups excluding carboxylic acids is 3. The molecule has 0 unspecified atom stereocenters. The fraction of sp³-hybridized carbons (Fsp3) is 0.0455. The Labute approximate surface area is 217 Å². The van der Waals surface area contributed by atoms with Crippen LogP contribution in [0.2, 0.25) is 15.2 Å². The molecule has 2 aromatic heterocycles.